The molecule has 0 aliphatic rings. The highest BCUT2D eigenvalue weighted by Gasteiger charge is 2.13. The van der Waals surface area contributed by atoms with Crippen LogP contribution in [0.3, 0.4) is 0 Å². The Labute approximate surface area is 161 Å². The fraction of sp³-hybridized carbons (Fsp3) is 0.250. The van der Waals surface area contributed by atoms with Crippen LogP contribution < -0.4 is 4.74 Å². The second-order valence-electron chi connectivity index (χ2n) is 6.32. The first-order valence-corrected chi connectivity index (χ1v) is 9.30. The van der Waals surface area contributed by atoms with E-state index in [0.717, 1.165) is 24.2 Å². The van der Waals surface area contributed by atoms with Gasteiger partial charge in [-0.05, 0) is 36.1 Å². The van der Waals surface area contributed by atoms with E-state index in [1.807, 2.05) is 60.7 Å². The zero-order chi connectivity index (χ0) is 18.7. The third-order valence-electron chi connectivity index (χ3n) is 4.39. The Bertz CT molecular complexity index is 724. The highest BCUT2D eigenvalue weighted by molar-refractivity contribution is 5.28. The Hall–Kier alpha value is -2.62. The molecule has 27 heavy (non-hydrogen) atoms. The predicted octanol–water partition coefficient (Wildman–Crippen LogP) is 5.21. The fourth-order valence-electron chi connectivity index (χ4n) is 2.86. The van der Waals surface area contributed by atoms with Gasteiger partial charge in [-0.2, -0.15) is 0 Å². The first-order chi connectivity index (χ1) is 13.3. The highest BCUT2D eigenvalue weighted by atomic mass is 16.7. The highest BCUT2D eigenvalue weighted by Crippen LogP contribution is 2.22. The molecular weight excluding hydrogens is 336 g/mol. The summed E-state index contributed by atoms with van der Waals surface area (Å²) >= 11 is 0. The lowest BCUT2D eigenvalue weighted by Crippen LogP contribution is -2.13. The molecule has 0 atom stereocenters. The summed E-state index contributed by atoms with van der Waals surface area (Å²) in [6, 6.07) is 28.6. The average molecular weight is 362 g/mol. The molecular formula is C24H26O3. The zero-order valence-corrected chi connectivity index (χ0v) is 15.7. The van der Waals surface area contributed by atoms with E-state index in [9.17, 15) is 0 Å². The van der Waals surface area contributed by atoms with Crippen LogP contribution >= 0.6 is 0 Å². The van der Waals surface area contributed by atoms with E-state index in [4.69, 9.17) is 14.2 Å². The van der Waals surface area contributed by atoms with Crippen LogP contribution in [-0.4, -0.2) is 20.3 Å². The second-order valence-corrected chi connectivity index (χ2v) is 6.32. The molecule has 3 aromatic carbocycles. The van der Waals surface area contributed by atoms with E-state index in [-0.39, 0.29) is 6.29 Å². The number of hydrogen-bond acceptors (Lipinski definition) is 3. The minimum absolute atomic E-state index is 0.386. The number of rotatable bonds is 10. The van der Waals surface area contributed by atoms with Crippen molar-refractivity contribution < 1.29 is 14.2 Å². The topological polar surface area (TPSA) is 27.7 Å². The van der Waals surface area contributed by atoms with E-state index in [2.05, 4.69) is 24.3 Å². The van der Waals surface area contributed by atoms with Gasteiger partial charge < -0.3 is 14.2 Å². The molecule has 3 nitrogen and oxygen atoms in total. The van der Waals surface area contributed by atoms with Crippen molar-refractivity contribution in [3.63, 3.8) is 0 Å². The minimum Gasteiger partial charge on any atom is -0.497 e. The van der Waals surface area contributed by atoms with Gasteiger partial charge in [0.2, 0.25) is 0 Å². The average Bonchev–Trinajstić information content (AvgIpc) is 2.74. The van der Waals surface area contributed by atoms with Crippen molar-refractivity contribution in [2.75, 3.05) is 20.3 Å². The summed E-state index contributed by atoms with van der Waals surface area (Å²) in [5.74, 6) is 0.825. The van der Waals surface area contributed by atoms with Crippen molar-refractivity contribution in [2.24, 2.45) is 0 Å². The fourth-order valence-corrected chi connectivity index (χ4v) is 2.86. The van der Waals surface area contributed by atoms with Gasteiger partial charge >= 0.3 is 0 Å². The SMILES string of the molecule is COc1ccc(C(OCCc2ccccc2)OCCc2ccccc2)cc1. The van der Waals surface area contributed by atoms with Gasteiger partial charge in [0.25, 0.3) is 0 Å². The Morgan fingerprint density at radius 3 is 1.56 bits per heavy atom. The van der Waals surface area contributed by atoms with Gasteiger partial charge in [-0.15, -0.1) is 0 Å². The van der Waals surface area contributed by atoms with E-state index in [1.54, 1.807) is 7.11 Å². The number of methoxy groups -OCH3 is 1. The standard InChI is InChI=1S/C24H26O3/c1-25-23-14-12-22(13-15-23)24(26-18-16-20-8-4-2-5-9-20)27-19-17-21-10-6-3-7-11-21/h2-15,24H,16-19H2,1H3. The first-order valence-electron chi connectivity index (χ1n) is 9.30. The second kappa shape index (κ2) is 10.5. The van der Waals surface area contributed by atoms with E-state index in [0.29, 0.717) is 13.2 Å². The molecule has 0 bridgehead atoms. The molecule has 0 saturated carbocycles. The molecule has 0 aliphatic carbocycles. The molecule has 0 unspecified atom stereocenters. The quantitative estimate of drug-likeness (QED) is 0.463. The third-order valence-corrected chi connectivity index (χ3v) is 4.39. The maximum absolute atomic E-state index is 6.08. The zero-order valence-electron chi connectivity index (χ0n) is 15.7. The van der Waals surface area contributed by atoms with Gasteiger partial charge in [-0.25, -0.2) is 0 Å². The Kier molecular flexibility index (Phi) is 7.45. The molecule has 0 amide bonds. The van der Waals surface area contributed by atoms with E-state index in [1.165, 1.54) is 11.1 Å². The van der Waals surface area contributed by atoms with Crippen molar-refractivity contribution in [3.05, 3.63) is 102 Å². The van der Waals surface area contributed by atoms with Crippen LogP contribution in [0.2, 0.25) is 0 Å². The van der Waals surface area contributed by atoms with Crippen molar-refractivity contribution in [2.45, 2.75) is 19.1 Å². The number of ether oxygens (including phenoxy) is 3. The van der Waals surface area contributed by atoms with Gasteiger partial charge in [0.15, 0.2) is 6.29 Å². The molecule has 0 fully saturated rings. The van der Waals surface area contributed by atoms with Crippen LogP contribution in [0.15, 0.2) is 84.9 Å². The molecule has 0 radical (unpaired) electrons. The molecule has 0 heterocycles. The first kappa shape index (κ1) is 19.2. The van der Waals surface area contributed by atoms with Crippen LogP contribution in [0.25, 0.3) is 0 Å². The summed E-state index contributed by atoms with van der Waals surface area (Å²) in [6.07, 6.45) is 1.33. The lowest BCUT2D eigenvalue weighted by atomic mass is 10.1. The molecule has 3 aromatic rings. The van der Waals surface area contributed by atoms with Gasteiger partial charge in [0.1, 0.15) is 5.75 Å². The predicted molar refractivity (Wildman–Crippen MR) is 108 cm³/mol. The van der Waals surface area contributed by atoms with Gasteiger partial charge in [0.05, 0.1) is 20.3 Å². The molecule has 3 heteroatoms. The van der Waals surface area contributed by atoms with Crippen molar-refractivity contribution >= 4 is 0 Å². The molecule has 0 saturated heterocycles. The minimum atomic E-state index is -0.386. The third kappa shape index (κ3) is 6.24. The van der Waals surface area contributed by atoms with Crippen LogP contribution in [-0.2, 0) is 22.3 Å². The molecule has 140 valence electrons. The summed E-state index contributed by atoms with van der Waals surface area (Å²) in [7, 11) is 1.67. The summed E-state index contributed by atoms with van der Waals surface area (Å²) in [5, 5.41) is 0. The smallest absolute Gasteiger partial charge is 0.183 e. The molecule has 0 aliphatic heterocycles. The molecule has 0 spiro atoms. The lowest BCUT2D eigenvalue weighted by Gasteiger charge is -2.19. The lowest BCUT2D eigenvalue weighted by molar-refractivity contribution is -0.145. The Morgan fingerprint density at radius 1 is 0.630 bits per heavy atom. The molecule has 0 aromatic heterocycles. The normalized spacial score (nSPS) is 10.9. The van der Waals surface area contributed by atoms with Crippen LogP contribution in [0.5, 0.6) is 5.75 Å². The van der Waals surface area contributed by atoms with Crippen molar-refractivity contribution in [1.82, 2.24) is 0 Å². The van der Waals surface area contributed by atoms with Crippen molar-refractivity contribution in [3.8, 4) is 5.75 Å². The maximum atomic E-state index is 6.08. The van der Waals surface area contributed by atoms with Crippen molar-refractivity contribution in [1.29, 1.82) is 0 Å². The van der Waals surface area contributed by atoms with Gasteiger partial charge in [-0.1, -0.05) is 72.8 Å². The summed E-state index contributed by atoms with van der Waals surface area (Å²) in [5.41, 5.74) is 3.52. The molecule has 3 rings (SSSR count). The summed E-state index contributed by atoms with van der Waals surface area (Å²) < 4.78 is 17.4. The van der Waals surface area contributed by atoms with Gasteiger partial charge in [0, 0.05) is 5.56 Å². The number of benzene rings is 3. The number of hydrogen-bond donors (Lipinski definition) is 0. The van der Waals surface area contributed by atoms with Gasteiger partial charge in [-0.3, -0.25) is 0 Å². The van der Waals surface area contributed by atoms with E-state index >= 15 is 0 Å². The summed E-state index contributed by atoms with van der Waals surface area (Å²) in [6.45, 7) is 1.21. The largest absolute Gasteiger partial charge is 0.497 e. The van der Waals surface area contributed by atoms with Crippen LogP contribution in [0, 0.1) is 0 Å². The summed E-state index contributed by atoms with van der Waals surface area (Å²) in [4.78, 5) is 0. The monoisotopic (exact) mass is 362 g/mol. The Morgan fingerprint density at radius 2 is 1.11 bits per heavy atom. The maximum Gasteiger partial charge on any atom is 0.183 e. The van der Waals surface area contributed by atoms with Crippen LogP contribution in [0.4, 0.5) is 0 Å². The van der Waals surface area contributed by atoms with Crippen LogP contribution in [0.1, 0.15) is 23.0 Å². The Balaban J connectivity index is 1.58. The van der Waals surface area contributed by atoms with E-state index < -0.39 is 0 Å². The molecule has 0 N–H and O–H groups in total.